The van der Waals surface area contributed by atoms with Gasteiger partial charge in [0.2, 0.25) is 0 Å². The van der Waals surface area contributed by atoms with Gasteiger partial charge in [0.15, 0.2) is 0 Å². The first-order valence-electron chi connectivity index (χ1n) is 4.14. The summed E-state index contributed by atoms with van der Waals surface area (Å²) in [6, 6.07) is 0. The standard InChI is InChI=1S/C9H15N3/c1-4-6-11(3)9(2)12-7-5-10-8-12/h5,7-8H,2,4,6H2,1,3H3. The lowest BCUT2D eigenvalue weighted by atomic mass is 10.4. The van der Waals surface area contributed by atoms with Crippen LogP contribution in [0.4, 0.5) is 0 Å². The topological polar surface area (TPSA) is 21.1 Å². The molecule has 1 heterocycles. The van der Waals surface area contributed by atoms with Crippen LogP contribution in [-0.4, -0.2) is 28.0 Å². The van der Waals surface area contributed by atoms with Gasteiger partial charge < -0.3 is 4.90 Å². The van der Waals surface area contributed by atoms with Crippen molar-refractivity contribution in [3.63, 3.8) is 0 Å². The first kappa shape index (κ1) is 8.84. The summed E-state index contributed by atoms with van der Waals surface area (Å²) >= 11 is 0. The summed E-state index contributed by atoms with van der Waals surface area (Å²) in [5.41, 5.74) is 0. The molecular weight excluding hydrogens is 150 g/mol. The molecule has 0 fully saturated rings. The molecular formula is C9H15N3. The molecule has 0 amide bonds. The fraction of sp³-hybridized carbons (Fsp3) is 0.444. The van der Waals surface area contributed by atoms with Gasteiger partial charge in [-0.2, -0.15) is 0 Å². The predicted octanol–water partition coefficient (Wildman–Crippen LogP) is 1.65. The number of aromatic nitrogens is 2. The maximum absolute atomic E-state index is 3.96. The Morgan fingerprint density at radius 3 is 2.92 bits per heavy atom. The Morgan fingerprint density at radius 2 is 2.42 bits per heavy atom. The van der Waals surface area contributed by atoms with E-state index in [2.05, 4.69) is 23.4 Å². The van der Waals surface area contributed by atoms with Crippen LogP contribution in [0.3, 0.4) is 0 Å². The van der Waals surface area contributed by atoms with Crippen LogP contribution in [-0.2, 0) is 0 Å². The first-order valence-corrected chi connectivity index (χ1v) is 4.14. The molecule has 0 saturated heterocycles. The summed E-state index contributed by atoms with van der Waals surface area (Å²) < 4.78 is 1.91. The van der Waals surface area contributed by atoms with Crippen molar-refractivity contribution < 1.29 is 0 Å². The van der Waals surface area contributed by atoms with Gasteiger partial charge in [-0.15, -0.1) is 0 Å². The quantitative estimate of drug-likeness (QED) is 0.676. The van der Waals surface area contributed by atoms with Crippen molar-refractivity contribution in [2.24, 2.45) is 0 Å². The SMILES string of the molecule is C=C(N(C)CCC)n1ccnc1. The minimum atomic E-state index is 0.967. The minimum absolute atomic E-state index is 0.967. The molecule has 1 aromatic heterocycles. The second kappa shape index (κ2) is 3.95. The maximum Gasteiger partial charge on any atom is 0.106 e. The van der Waals surface area contributed by atoms with Crippen LogP contribution < -0.4 is 0 Å². The molecule has 1 rings (SSSR count). The molecule has 0 aromatic carbocycles. The van der Waals surface area contributed by atoms with Crippen LogP contribution in [0, 0.1) is 0 Å². The van der Waals surface area contributed by atoms with Gasteiger partial charge in [-0.05, 0) is 6.42 Å². The lowest BCUT2D eigenvalue weighted by Gasteiger charge is -2.20. The van der Waals surface area contributed by atoms with Gasteiger partial charge in [-0.1, -0.05) is 13.5 Å². The zero-order valence-electron chi connectivity index (χ0n) is 7.70. The monoisotopic (exact) mass is 165 g/mol. The molecule has 0 spiro atoms. The van der Waals surface area contributed by atoms with Crippen LogP contribution in [0.15, 0.2) is 25.3 Å². The molecule has 0 unspecified atom stereocenters. The van der Waals surface area contributed by atoms with E-state index in [9.17, 15) is 0 Å². The van der Waals surface area contributed by atoms with Crippen LogP contribution in [0.2, 0.25) is 0 Å². The molecule has 0 bridgehead atoms. The number of hydrogen-bond donors (Lipinski definition) is 0. The van der Waals surface area contributed by atoms with Crippen molar-refractivity contribution in [1.82, 2.24) is 14.5 Å². The molecule has 0 saturated carbocycles. The molecule has 0 atom stereocenters. The van der Waals surface area contributed by atoms with Crippen molar-refractivity contribution in [3.8, 4) is 0 Å². The van der Waals surface area contributed by atoms with Crippen molar-refractivity contribution in [2.75, 3.05) is 13.6 Å². The van der Waals surface area contributed by atoms with E-state index >= 15 is 0 Å². The largest absolute Gasteiger partial charge is 0.361 e. The highest BCUT2D eigenvalue weighted by atomic mass is 15.3. The fourth-order valence-corrected chi connectivity index (χ4v) is 1.07. The van der Waals surface area contributed by atoms with E-state index in [1.807, 2.05) is 17.8 Å². The Hall–Kier alpha value is -1.25. The Morgan fingerprint density at radius 1 is 1.67 bits per heavy atom. The molecule has 3 heteroatoms. The van der Waals surface area contributed by atoms with Crippen LogP contribution in [0.25, 0.3) is 5.82 Å². The fourth-order valence-electron chi connectivity index (χ4n) is 1.07. The highest BCUT2D eigenvalue weighted by Crippen LogP contribution is 2.05. The van der Waals surface area contributed by atoms with Gasteiger partial charge in [0.05, 0.1) is 0 Å². The summed E-state index contributed by atoms with van der Waals surface area (Å²) in [5.74, 6) is 0.967. The van der Waals surface area contributed by atoms with E-state index in [1.54, 1.807) is 12.5 Å². The van der Waals surface area contributed by atoms with E-state index in [4.69, 9.17) is 0 Å². The third-order valence-corrected chi connectivity index (χ3v) is 1.80. The lowest BCUT2D eigenvalue weighted by molar-refractivity contribution is 0.455. The molecule has 0 N–H and O–H groups in total. The van der Waals surface area contributed by atoms with E-state index in [0.29, 0.717) is 0 Å². The number of nitrogens with zero attached hydrogens (tertiary/aromatic N) is 3. The normalized spacial score (nSPS) is 9.83. The third kappa shape index (κ3) is 1.87. The Labute approximate surface area is 73.3 Å². The number of rotatable bonds is 4. The molecule has 66 valence electrons. The van der Waals surface area contributed by atoms with Crippen LogP contribution in [0.5, 0.6) is 0 Å². The van der Waals surface area contributed by atoms with Crippen LogP contribution >= 0.6 is 0 Å². The smallest absolute Gasteiger partial charge is 0.106 e. The predicted molar refractivity (Wildman–Crippen MR) is 50.5 cm³/mol. The molecule has 12 heavy (non-hydrogen) atoms. The molecule has 1 aromatic rings. The van der Waals surface area contributed by atoms with Crippen molar-refractivity contribution in [2.45, 2.75) is 13.3 Å². The van der Waals surface area contributed by atoms with Gasteiger partial charge in [0.25, 0.3) is 0 Å². The van der Waals surface area contributed by atoms with E-state index in [-0.39, 0.29) is 0 Å². The molecule has 0 aliphatic carbocycles. The first-order chi connectivity index (χ1) is 5.75. The summed E-state index contributed by atoms with van der Waals surface area (Å²) in [6.07, 6.45) is 6.54. The zero-order chi connectivity index (χ0) is 8.97. The number of hydrogen-bond acceptors (Lipinski definition) is 2. The highest BCUT2D eigenvalue weighted by molar-refractivity contribution is 5.37. The van der Waals surface area contributed by atoms with Crippen molar-refractivity contribution in [3.05, 3.63) is 25.3 Å². The summed E-state index contributed by atoms with van der Waals surface area (Å²) in [5, 5.41) is 0. The van der Waals surface area contributed by atoms with Gasteiger partial charge in [0.1, 0.15) is 12.1 Å². The molecule has 0 radical (unpaired) electrons. The van der Waals surface area contributed by atoms with Gasteiger partial charge in [-0.3, -0.25) is 4.57 Å². The average Bonchev–Trinajstić information content (AvgIpc) is 2.55. The van der Waals surface area contributed by atoms with E-state index in [1.165, 1.54) is 0 Å². The average molecular weight is 165 g/mol. The van der Waals surface area contributed by atoms with Gasteiger partial charge in [-0.25, -0.2) is 4.98 Å². The summed E-state index contributed by atoms with van der Waals surface area (Å²) in [4.78, 5) is 6.07. The van der Waals surface area contributed by atoms with Crippen molar-refractivity contribution >= 4 is 5.82 Å². The number of imidazole rings is 1. The second-order valence-corrected chi connectivity index (χ2v) is 2.81. The molecule has 3 nitrogen and oxygen atoms in total. The molecule has 0 aliphatic heterocycles. The highest BCUT2D eigenvalue weighted by Gasteiger charge is 2.00. The van der Waals surface area contributed by atoms with E-state index < -0.39 is 0 Å². The Balaban J connectivity index is 2.59. The second-order valence-electron chi connectivity index (χ2n) is 2.81. The van der Waals surface area contributed by atoms with Crippen molar-refractivity contribution in [1.29, 1.82) is 0 Å². The Kier molecular flexibility index (Phi) is 2.91. The van der Waals surface area contributed by atoms with Gasteiger partial charge >= 0.3 is 0 Å². The zero-order valence-corrected chi connectivity index (χ0v) is 7.70. The molecule has 0 aliphatic rings. The summed E-state index contributed by atoms with van der Waals surface area (Å²) in [6.45, 7) is 7.14. The van der Waals surface area contributed by atoms with Gasteiger partial charge in [0, 0.05) is 26.0 Å². The lowest BCUT2D eigenvalue weighted by Crippen LogP contribution is -2.19. The minimum Gasteiger partial charge on any atom is -0.361 e. The maximum atomic E-state index is 3.96. The summed E-state index contributed by atoms with van der Waals surface area (Å²) in [7, 11) is 2.03. The third-order valence-electron chi connectivity index (χ3n) is 1.80. The van der Waals surface area contributed by atoms with E-state index in [0.717, 1.165) is 18.8 Å². The Bertz CT molecular complexity index is 238. The van der Waals surface area contributed by atoms with Crippen LogP contribution in [0.1, 0.15) is 13.3 Å².